The number of amides is 1. The van der Waals surface area contributed by atoms with Gasteiger partial charge >= 0.3 is 5.97 Å². The number of nitrogens with one attached hydrogen (secondary N) is 1. The fraction of sp³-hybridized carbons (Fsp3) is 0.500. The second-order valence-electron chi connectivity index (χ2n) is 5.62. The van der Waals surface area contributed by atoms with E-state index >= 15 is 0 Å². The van der Waals surface area contributed by atoms with Crippen LogP contribution >= 0.6 is 0 Å². The first-order valence-corrected chi connectivity index (χ1v) is 7.88. The van der Waals surface area contributed by atoms with E-state index in [1.165, 1.54) is 0 Å². The fourth-order valence-electron chi connectivity index (χ4n) is 2.73. The van der Waals surface area contributed by atoms with Crippen LogP contribution in [0.3, 0.4) is 0 Å². The van der Waals surface area contributed by atoms with Crippen molar-refractivity contribution in [2.24, 2.45) is 0 Å². The number of carbonyl (C=O) groups is 2. The molecule has 1 saturated heterocycles. The van der Waals surface area contributed by atoms with E-state index in [2.05, 4.69) is 22.0 Å². The zero-order valence-corrected chi connectivity index (χ0v) is 13.4. The molecule has 1 heterocycles. The lowest BCUT2D eigenvalue weighted by Gasteiger charge is -2.24. The van der Waals surface area contributed by atoms with E-state index in [1.807, 2.05) is 6.07 Å². The van der Waals surface area contributed by atoms with Crippen molar-refractivity contribution >= 4 is 23.3 Å². The summed E-state index contributed by atoms with van der Waals surface area (Å²) in [4.78, 5) is 27.3. The second-order valence-corrected chi connectivity index (χ2v) is 5.62. The Morgan fingerprint density at radius 1 is 1.26 bits per heavy atom. The molecule has 1 aromatic rings. The standard InChI is InChI=1S/C16H24N4O3/c1-2-19-6-3-7-20(9-8-19)12-4-5-14(17)13(10-12)16(23)18-11-15(21)22/h4-5,10H,2-3,6-9,11,17H2,1H3,(H,18,23)(H,21,22). The van der Waals surface area contributed by atoms with Crippen molar-refractivity contribution in [2.75, 3.05) is 49.9 Å². The average molecular weight is 320 g/mol. The molecule has 7 nitrogen and oxygen atoms in total. The van der Waals surface area contributed by atoms with Crippen LogP contribution in [0.5, 0.6) is 0 Å². The molecule has 0 spiro atoms. The first-order valence-electron chi connectivity index (χ1n) is 7.88. The van der Waals surface area contributed by atoms with Gasteiger partial charge in [-0.1, -0.05) is 6.92 Å². The second kappa shape index (κ2) is 7.82. The van der Waals surface area contributed by atoms with Gasteiger partial charge in [0.15, 0.2) is 0 Å². The number of rotatable bonds is 5. The molecule has 0 saturated carbocycles. The summed E-state index contributed by atoms with van der Waals surface area (Å²) in [5.41, 5.74) is 7.48. The van der Waals surface area contributed by atoms with Crippen molar-refractivity contribution in [1.82, 2.24) is 10.2 Å². The van der Waals surface area contributed by atoms with Gasteiger partial charge in [0.05, 0.1) is 5.56 Å². The lowest BCUT2D eigenvalue weighted by Crippen LogP contribution is -2.32. The third-order valence-electron chi connectivity index (χ3n) is 4.08. The molecule has 0 unspecified atom stereocenters. The quantitative estimate of drug-likeness (QED) is 0.688. The van der Waals surface area contributed by atoms with Gasteiger partial charge in [-0.3, -0.25) is 9.59 Å². The van der Waals surface area contributed by atoms with Crippen LogP contribution in [-0.2, 0) is 4.79 Å². The van der Waals surface area contributed by atoms with Gasteiger partial charge < -0.3 is 26.0 Å². The summed E-state index contributed by atoms with van der Waals surface area (Å²) in [7, 11) is 0. The van der Waals surface area contributed by atoms with Crippen LogP contribution in [0, 0.1) is 0 Å². The zero-order chi connectivity index (χ0) is 16.8. The van der Waals surface area contributed by atoms with E-state index in [4.69, 9.17) is 10.8 Å². The Kier molecular flexibility index (Phi) is 5.81. The molecule has 126 valence electrons. The van der Waals surface area contributed by atoms with Gasteiger partial charge in [0, 0.05) is 31.0 Å². The number of likely N-dealkylation sites (N-methyl/N-ethyl adjacent to an activating group) is 1. The Labute approximate surface area is 136 Å². The number of nitrogens with two attached hydrogens (primary N) is 1. The molecular formula is C16H24N4O3. The number of carboxylic acid groups (broad SMARTS) is 1. The minimum atomic E-state index is -1.08. The molecule has 4 N–H and O–H groups in total. The summed E-state index contributed by atoms with van der Waals surface area (Å²) in [6.45, 7) is 6.67. The molecule has 2 rings (SSSR count). The summed E-state index contributed by atoms with van der Waals surface area (Å²) in [6, 6.07) is 5.35. The summed E-state index contributed by atoms with van der Waals surface area (Å²) in [6.07, 6.45) is 1.07. The van der Waals surface area contributed by atoms with Crippen LogP contribution in [-0.4, -0.2) is 61.2 Å². The normalized spacial score (nSPS) is 16.0. The molecule has 1 aromatic carbocycles. The monoisotopic (exact) mass is 320 g/mol. The lowest BCUT2D eigenvalue weighted by molar-refractivity contribution is -0.135. The number of benzene rings is 1. The van der Waals surface area contributed by atoms with Gasteiger partial charge in [-0.2, -0.15) is 0 Å². The largest absolute Gasteiger partial charge is 0.480 e. The Hall–Kier alpha value is -2.28. The smallest absolute Gasteiger partial charge is 0.322 e. The van der Waals surface area contributed by atoms with Crippen molar-refractivity contribution < 1.29 is 14.7 Å². The summed E-state index contributed by atoms with van der Waals surface area (Å²) in [5.74, 6) is -1.54. The highest BCUT2D eigenvalue weighted by atomic mass is 16.4. The molecule has 23 heavy (non-hydrogen) atoms. The third kappa shape index (κ3) is 4.59. The minimum Gasteiger partial charge on any atom is -0.480 e. The molecule has 1 aliphatic rings. The highest BCUT2D eigenvalue weighted by Gasteiger charge is 2.17. The number of carbonyl (C=O) groups excluding carboxylic acids is 1. The first-order chi connectivity index (χ1) is 11.0. The van der Waals surface area contributed by atoms with Gasteiger partial charge in [0.25, 0.3) is 5.91 Å². The number of aliphatic carboxylic acids is 1. The van der Waals surface area contributed by atoms with Crippen LogP contribution in [0.4, 0.5) is 11.4 Å². The summed E-state index contributed by atoms with van der Waals surface area (Å²) in [5, 5.41) is 11.0. The molecule has 0 atom stereocenters. The Morgan fingerprint density at radius 2 is 2.04 bits per heavy atom. The van der Waals surface area contributed by atoms with Gasteiger partial charge in [-0.15, -0.1) is 0 Å². The van der Waals surface area contributed by atoms with Crippen LogP contribution < -0.4 is 16.0 Å². The summed E-state index contributed by atoms with van der Waals surface area (Å²) >= 11 is 0. The van der Waals surface area contributed by atoms with Gasteiger partial charge in [0.2, 0.25) is 0 Å². The Morgan fingerprint density at radius 3 is 2.74 bits per heavy atom. The molecular weight excluding hydrogens is 296 g/mol. The number of nitrogens with zero attached hydrogens (tertiary/aromatic N) is 2. The number of hydrogen-bond acceptors (Lipinski definition) is 5. The molecule has 1 amide bonds. The lowest BCUT2D eigenvalue weighted by atomic mass is 10.1. The van der Waals surface area contributed by atoms with Gasteiger partial charge in [-0.25, -0.2) is 0 Å². The highest BCUT2D eigenvalue weighted by molar-refractivity contribution is 6.01. The third-order valence-corrected chi connectivity index (χ3v) is 4.08. The van der Waals surface area contributed by atoms with Crippen molar-refractivity contribution in [3.05, 3.63) is 23.8 Å². The molecule has 7 heteroatoms. The van der Waals surface area contributed by atoms with Gasteiger partial charge in [-0.05, 0) is 37.7 Å². The molecule has 0 aromatic heterocycles. The van der Waals surface area contributed by atoms with Crippen molar-refractivity contribution in [1.29, 1.82) is 0 Å². The van der Waals surface area contributed by atoms with Crippen LogP contribution in [0.2, 0.25) is 0 Å². The molecule has 0 bridgehead atoms. The van der Waals surface area contributed by atoms with Gasteiger partial charge in [0.1, 0.15) is 6.54 Å². The maximum Gasteiger partial charge on any atom is 0.322 e. The molecule has 1 aliphatic heterocycles. The maximum atomic E-state index is 12.1. The Balaban J connectivity index is 2.13. The highest BCUT2D eigenvalue weighted by Crippen LogP contribution is 2.22. The van der Waals surface area contributed by atoms with Crippen LogP contribution in [0.25, 0.3) is 0 Å². The predicted molar refractivity (Wildman–Crippen MR) is 89.8 cm³/mol. The number of nitrogen functional groups attached to an aromatic ring is 1. The van der Waals surface area contributed by atoms with E-state index in [9.17, 15) is 9.59 Å². The fourth-order valence-corrected chi connectivity index (χ4v) is 2.73. The molecule has 0 aliphatic carbocycles. The van der Waals surface area contributed by atoms with Crippen molar-refractivity contribution in [2.45, 2.75) is 13.3 Å². The van der Waals surface area contributed by atoms with E-state index in [0.717, 1.165) is 44.8 Å². The van der Waals surface area contributed by atoms with E-state index in [1.54, 1.807) is 12.1 Å². The summed E-state index contributed by atoms with van der Waals surface area (Å²) < 4.78 is 0. The SMILES string of the molecule is CCN1CCCN(c2ccc(N)c(C(=O)NCC(=O)O)c2)CC1. The van der Waals surface area contributed by atoms with Crippen LogP contribution in [0.1, 0.15) is 23.7 Å². The number of anilines is 2. The zero-order valence-electron chi connectivity index (χ0n) is 13.4. The van der Waals surface area contributed by atoms with Crippen molar-refractivity contribution in [3.63, 3.8) is 0 Å². The van der Waals surface area contributed by atoms with E-state index in [-0.39, 0.29) is 0 Å². The Bertz CT molecular complexity index is 576. The minimum absolute atomic E-state index is 0.320. The maximum absolute atomic E-state index is 12.1. The topological polar surface area (TPSA) is 98.9 Å². The first kappa shape index (κ1) is 17.1. The molecule has 0 radical (unpaired) electrons. The molecule has 1 fully saturated rings. The van der Waals surface area contributed by atoms with Crippen LogP contribution in [0.15, 0.2) is 18.2 Å². The van der Waals surface area contributed by atoms with E-state index < -0.39 is 18.4 Å². The van der Waals surface area contributed by atoms with E-state index in [0.29, 0.717) is 11.3 Å². The number of carboxylic acids is 1. The average Bonchev–Trinajstić information content (AvgIpc) is 2.78. The van der Waals surface area contributed by atoms with Crippen molar-refractivity contribution in [3.8, 4) is 0 Å². The predicted octanol–water partition coefficient (Wildman–Crippen LogP) is 0.615. The number of hydrogen-bond donors (Lipinski definition) is 3.